The molecule has 1 heterocycles. The quantitative estimate of drug-likeness (QED) is 0.716. The van der Waals surface area contributed by atoms with Crippen LogP contribution in [-0.4, -0.2) is 32.2 Å². The van der Waals surface area contributed by atoms with Gasteiger partial charge in [0.15, 0.2) is 0 Å². The van der Waals surface area contributed by atoms with E-state index >= 15 is 0 Å². The molecule has 18 heavy (non-hydrogen) atoms. The van der Waals surface area contributed by atoms with Crippen LogP contribution in [0.4, 0.5) is 0 Å². The molecule has 1 saturated carbocycles. The van der Waals surface area contributed by atoms with Gasteiger partial charge in [0, 0.05) is 0 Å². The highest BCUT2D eigenvalue weighted by atomic mass is 16.4. The zero-order valence-corrected chi connectivity index (χ0v) is 10.5. The molecule has 1 unspecified atom stereocenters. The lowest BCUT2D eigenvalue weighted by Gasteiger charge is -2.11. The van der Waals surface area contributed by atoms with Crippen molar-refractivity contribution < 1.29 is 14.7 Å². The molecule has 1 aliphatic rings. The smallest absolute Gasteiger partial charge is 0.307 e. The second-order valence-corrected chi connectivity index (χ2v) is 5.22. The molecule has 2 rings (SSSR count). The molecule has 3 N–H and O–H groups in total. The molecule has 0 aromatic carbocycles. The zero-order chi connectivity index (χ0) is 13.5. The highest BCUT2D eigenvalue weighted by Crippen LogP contribution is 2.58. The van der Waals surface area contributed by atoms with Gasteiger partial charge in [-0.1, -0.05) is 13.8 Å². The van der Waals surface area contributed by atoms with E-state index in [2.05, 4.69) is 20.5 Å². The first-order valence-electron chi connectivity index (χ1n) is 5.74. The number of carboxylic acid groups (broad SMARTS) is 1. The monoisotopic (exact) mass is 252 g/mol. The summed E-state index contributed by atoms with van der Waals surface area (Å²) in [6.07, 6.45) is 1.36. The van der Waals surface area contributed by atoms with Crippen LogP contribution < -0.4 is 5.32 Å². The molecule has 3 atom stereocenters. The van der Waals surface area contributed by atoms with Crippen molar-refractivity contribution in [2.75, 3.05) is 0 Å². The Balaban J connectivity index is 2.00. The van der Waals surface area contributed by atoms with Crippen LogP contribution in [0.5, 0.6) is 0 Å². The first-order chi connectivity index (χ1) is 8.35. The van der Waals surface area contributed by atoms with Gasteiger partial charge in [-0.15, -0.1) is 0 Å². The first kappa shape index (κ1) is 12.5. The Labute approximate surface area is 104 Å². The van der Waals surface area contributed by atoms with E-state index in [0.29, 0.717) is 5.82 Å². The lowest BCUT2D eigenvalue weighted by Crippen LogP contribution is -2.30. The summed E-state index contributed by atoms with van der Waals surface area (Å²) in [6, 6.07) is -0.314. The van der Waals surface area contributed by atoms with Crippen LogP contribution in [0, 0.1) is 17.3 Å². The third-order valence-electron chi connectivity index (χ3n) is 3.58. The van der Waals surface area contributed by atoms with Crippen molar-refractivity contribution >= 4 is 11.9 Å². The summed E-state index contributed by atoms with van der Waals surface area (Å²) in [6.45, 7) is 5.34. The molecule has 1 aromatic rings. The Morgan fingerprint density at radius 1 is 1.50 bits per heavy atom. The van der Waals surface area contributed by atoms with Crippen LogP contribution in [0.25, 0.3) is 0 Å². The summed E-state index contributed by atoms with van der Waals surface area (Å²) < 4.78 is 0. The molecule has 1 amide bonds. The third kappa shape index (κ3) is 1.96. The number of carbonyl (C=O) groups excluding carboxylic acids is 1. The van der Waals surface area contributed by atoms with Gasteiger partial charge < -0.3 is 10.4 Å². The maximum absolute atomic E-state index is 12.0. The van der Waals surface area contributed by atoms with Crippen molar-refractivity contribution in [2.24, 2.45) is 17.3 Å². The number of carboxylic acids is 1. The van der Waals surface area contributed by atoms with Gasteiger partial charge in [0.05, 0.1) is 17.9 Å². The largest absolute Gasteiger partial charge is 0.481 e. The number of hydrogen-bond acceptors (Lipinski definition) is 4. The van der Waals surface area contributed by atoms with E-state index in [1.165, 1.54) is 6.33 Å². The first-order valence-corrected chi connectivity index (χ1v) is 5.74. The van der Waals surface area contributed by atoms with E-state index in [1.54, 1.807) is 20.8 Å². The summed E-state index contributed by atoms with van der Waals surface area (Å²) in [5, 5.41) is 18.1. The minimum atomic E-state index is -0.924. The lowest BCUT2D eigenvalue weighted by molar-refractivity contribution is -0.140. The fourth-order valence-corrected chi connectivity index (χ4v) is 2.38. The van der Waals surface area contributed by atoms with Gasteiger partial charge in [0.2, 0.25) is 5.91 Å². The van der Waals surface area contributed by atoms with Gasteiger partial charge in [0.1, 0.15) is 12.2 Å². The van der Waals surface area contributed by atoms with Gasteiger partial charge >= 0.3 is 5.97 Å². The number of hydrogen-bond donors (Lipinski definition) is 3. The fraction of sp³-hybridized carbons (Fsp3) is 0.636. The highest BCUT2D eigenvalue weighted by Gasteiger charge is 2.65. The molecule has 0 aliphatic heterocycles. The van der Waals surface area contributed by atoms with Crippen molar-refractivity contribution in [3.8, 4) is 0 Å². The SMILES string of the molecule is CC(NC(=O)[C@@H]1[C@H](C(=O)O)C1(C)C)c1ncn[nH]1. The predicted molar refractivity (Wildman–Crippen MR) is 61.3 cm³/mol. The average Bonchev–Trinajstić information content (AvgIpc) is 2.67. The Bertz CT molecular complexity index is 469. The molecule has 7 heteroatoms. The molecule has 0 radical (unpaired) electrons. The van der Waals surface area contributed by atoms with Crippen molar-refractivity contribution in [1.82, 2.24) is 20.5 Å². The van der Waals surface area contributed by atoms with Crippen LogP contribution >= 0.6 is 0 Å². The number of H-pyrrole nitrogens is 1. The second kappa shape index (κ2) is 4.08. The van der Waals surface area contributed by atoms with Gasteiger partial charge in [-0.05, 0) is 12.3 Å². The van der Waals surface area contributed by atoms with Gasteiger partial charge in [-0.25, -0.2) is 4.98 Å². The number of rotatable bonds is 4. The molecular formula is C11H16N4O3. The summed E-state index contributed by atoms with van der Waals surface area (Å²) in [5.41, 5.74) is -0.489. The number of aromatic nitrogens is 3. The number of aliphatic carboxylic acids is 1. The molecule has 1 fully saturated rings. The molecule has 0 spiro atoms. The fourth-order valence-electron chi connectivity index (χ4n) is 2.38. The van der Waals surface area contributed by atoms with E-state index in [1.807, 2.05) is 0 Å². The minimum absolute atomic E-state index is 0.253. The molecule has 98 valence electrons. The maximum atomic E-state index is 12.0. The van der Waals surface area contributed by atoms with E-state index in [-0.39, 0.29) is 11.9 Å². The van der Waals surface area contributed by atoms with Crippen molar-refractivity contribution in [2.45, 2.75) is 26.8 Å². The van der Waals surface area contributed by atoms with Crippen molar-refractivity contribution in [3.05, 3.63) is 12.2 Å². The van der Waals surface area contributed by atoms with Crippen LogP contribution in [0.1, 0.15) is 32.6 Å². The third-order valence-corrected chi connectivity index (χ3v) is 3.58. The van der Waals surface area contributed by atoms with E-state index < -0.39 is 23.2 Å². The van der Waals surface area contributed by atoms with E-state index in [0.717, 1.165) is 0 Å². The van der Waals surface area contributed by atoms with E-state index in [4.69, 9.17) is 5.11 Å². The number of nitrogens with zero attached hydrogens (tertiary/aromatic N) is 2. The molecule has 1 aromatic heterocycles. The normalized spacial score (nSPS) is 26.4. The Hall–Kier alpha value is -1.92. The maximum Gasteiger partial charge on any atom is 0.307 e. The average molecular weight is 252 g/mol. The predicted octanol–water partition coefficient (Wildman–Crippen LogP) is 0.339. The second-order valence-electron chi connectivity index (χ2n) is 5.22. The van der Waals surface area contributed by atoms with Crippen LogP contribution in [0.2, 0.25) is 0 Å². The number of nitrogens with one attached hydrogen (secondary N) is 2. The zero-order valence-electron chi connectivity index (χ0n) is 10.5. The number of amides is 1. The Kier molecular flexibility index (Phi) is 2.84. The standard InChI is InChI=1S/C11H16N4O3/c1-5(8-12-4-13-15-8)14-9(16)6-7(10(17)18)11(6,2)3/h4-7H,1-3H3,(H,14,16)(H,17,18)(H,12,13,15)/t5?,6-,7+/m0/s1. The minimum Gasteiger partial charge on any atom is -0.481 e. The van der Waals surface area contributed by atoms with Gasteiger partial charge in [-0.3, -0.25) is 14.7 Å². The molecular weight excluding hydrogens is 236 g/mol. The number of aromatic amines is 1. The molecule has 1 aliphatic carbocycles. The topological polar surface area (TPSA) is 108 Å². The van der Waals surface area contributed by atoms with E-state index in [9.17, 15) is 9.59 Å². The van der Waals surface area contributed by atoms with Crippen LogP contribution in [0.15, 0.2) is 6.33 Å². The molecule has 7 nitrogen and oxygen atoms in total. The van der Waals surface area contributed by atoms with Gasteiger partial charge in [-0.2, -0.15) is 5.10 Å². The Morgan fingerprint density at radius 2 is 2.17 bits per heavy atom. The number of carbonyl (C=O) groups is 2. The highest BCUT2D eigenvalue weighted by molar-refractivity contribution is 5.91. The van der Waals surface area contributed by atoms with Crippen molar-refractivity contribution in [3.63, 3.8) is 0 Å². The summed E-state index contributed by atoms with van der Waals surface area (Å²) >= 11 is 0. The molecule has 0 bridgehead atoms. The summed E-state index contributed by atoms with van der Waals surface area (Å²) in [4.78, 5) is 26.9. The molecule has 0 saturated heterocycles. The van der Waals surface area contributed by atoms with Crippen LogP contribution in [0.3, 0.4) is 0 Å². The summed E-state index contributed by atoms with van der Waals surface area (Å²) in [5.74, 6) is -1.72. The summed E-state index contributed by atoms with van der Waals surface area (Å²) in [7, 11) is 0. The van der Waals surface area contributed by atoms with Gasteiger partial charge in [0.25, 0.3) is 0 Å². The van der Waals surface area contributed by atoms with Crippen LogP contribution in [-0.2, 0) is 9.59 Å². The van der Waals surface area contributed by atoms with Crippen molar-refractivity contribution in [1.29, 1.82) is 0 Å². The Morgan fingerprint density at radius 3 is 2.61 bits per heavy atom. The lowest BCUT2D eigenvalue weighted by atomic mass is 10.1.